The van der Waals surface area contributed by atoms with Gasteiger partial charge in [0.15, 0.2) is 5.82 Å². The van der Waals surface area contributed by atoms with Crippen molar-refractivity contribution >= 4 is 5.91 Å². The summed E-state index contributed by atoms with van der Waals surface area (Å²) in [5.74, 6) is -0.848. The van der Waals surface area contributed by atoms with E-state index < -0.39 is 23.6 Å². The molecule has 33 heavy (non-hydrogen) atoms. The number of rotatable bonds is 3. The van der Waals surface area contributed by atoms with Gasteiger partial charge in [0.2, 0.25) is 5.60 Å². The van der Waals surface area contributed by atoms with Crippen LogP contribution in [0.3, 0.4) is 0 Å². The van der Waals surface area contributed by atoms with Crippen molar-refractivity contribution in [3.8, 4) is 17.2 Å². The second-order valence-electron chi connectivity index (χ2n) is 8.17. The first kappa shape index (κ1) is 22.5. The average Bonchev–Trinajstić information content (AvgIpc) is 3.23. The molecule has 1 aromatic carbocycles. The lowest BCUT2D eigenvalue weighted by Gasteiger charge is -2.36. The molecule has 0 spiro atoms. The molecule has 4 rings (SSSR count). The van der Waals surface area contributed by atoms with E-state index >= 15 is 0 Å². The standard InChI is InChI=1S/C23H20F3N5O2/c1-14-12-30(13-18-11-29-21(31(14)18)22(2,33)23(24,25)26)20(32)19-8-7-17(10-28-19)16-5-3-15(9-27)4-6-16/h3-8,10-11,14,33H,12-13H2,1-2H3/t14-,22?/m0/s1. The van der Waals surface area contributed by atoms with Gasteiger partial charge in [0.05, 0.1) is 36.1 Å². The van der Waals surface area contributed by atoms with Crippen molar-refractivity contribution in [1.82, 2.24) is 19.4 Å². The minimum Gasteiger partial charge on any atom is -0.374 e. The van der Waals surface area contributed by atoms with Crippen molar-refractivity contribution in [2.45, 2.75) is 38.2 Å². The fourth-order valence-electron chi connectivity index (χ4n) is 3.90. The Labute approximate surface area is 187 Å². The molecule has 0 saturated carbocycles. The number of pyridine rings is 1. The zero-order chi connectivity index (χ0) is 24.0. The number of nitrogens with zero attached hydrogens (tertiary/aromatic N) is 5. The Kier molecular flexibility index (Phi) is 5.46. The predicted molar refractivity (Wildman–Crippen MR) is 112 cm³/mol. The van der Waals surface area contributed by atoms with E-state index in [1.54, 1.807) is 49.5 Å². The van der Waals surface area contributed by atoms with Crippen molar-refractivity contribution < 1.29 is 23.1 Å². The average molecular weight is 455 g/mol. The minimum atomic E-state index is -4.89. The van der Waals surface area contributed by atoms with E-state index in [9.17, 15) is 23.1 Å². The fraction of sp³-hybridized carbons (Fsp3) is 0.304. The van der Waals surface area contributed by atoms with Gasteiger partial charge in [0.1, 0.15) is 5.69 Å². The van der Waals surface area contributed by atoms with Gasteiger partial charge in [-0.15, -0.1) is 0 Å². The number of hydrogen-bond acceptors (Lipinski definition) is 5. The predicted octanol–water partition coefficient (Wildman–Crippen LogP) is 3.80. The second-order valence-corrected chi connectivity index (χ2v) is 8.17. The lowest BCUT2D eigenvalue weighted by molar-refractivity contribution is -0.263. The van der Waals surface area contributed by atoms with Gasteiger partial charge in [-0.05, 0) is 37.6 Å². The molecule has 2 atom stereocenters. The van der Waals surface area contributed by atoms with Crippen LogP contribution in [0.2, 0.25) is 0 Å². The second kappa shape index (κ2) is 8.01. The highest BCUT2D eigenvalue weighted by atomic mass is 19.4. The van der Waals surface area contributed by atoms with Crippen LogP contribution in [0.5, 0.6) is 0 Å². The van der Waals surface area contributed by atoms with E-state index in [1.165, 1.54) is 15.7 Å². The number of halogens is 3. The number of hydrogen-bond donors (Lipinski definition) is 1. The molecule has 10 heteroatoms. The largest absolute Gasteiger partial charge is 0.424 e. The number of alkyl halides is 3. The minimum absolute atomic E-state index is 0.0448. The number of nitriles is 1. The molecule has 0 bridgehead atoms. The quantitative estimate of drug-likeness (QED) is 0.648. The van der Waals surface area contributed by atoms with Crippen LogP contribution >= 0.6 is 0 Å². The molecule has 2 aromatic heterocycles. The molecular formula is C23H20F3N5O2. The maximum absolute atomic E-state index is 13.3. The highest BCUT2D eigenvalue weighted by Crippen LogP contribution is 2.40. The summed E-state index contributed by atoms with van der Waals surface area (Å²) >= 11 is 0. The van der Waals surface area contributed by atoms with E-state index in [1.807, 2.05) is 0 Å². The van der Waals surface area contributed by atoms with Gasteiger partial charge in [-0.1, -0.05) is 18.2 Å². The molecule has 1 aliphatic heterocycles. The summed E-state index contributed by atoms with van der Waals surface area (Å²) < 4.78 is 41.3. The van der Waals surface area contributed by atoms with Crippen LogP contribution in [0, 0.1) is 11.3 Å². The number of carbonyl (C=O) groups excluding carboxylic acids is 1. The van der Waals surface area contributed by atoms with Crippen LogP contribution in [0.25, 0.3) is 11.1 Å². The number of carbonyl (C=O) groups is 1. The molecule has 1 amide bonds. The van der Waals surface area contributed by atoms with Crippen molar-refractivity contribution in [1.29, 1.82) is 5.26 Å². The van der Waals surface area contributed by atoms with E-state index in [2.05, 4.69) is 16.0 Å². The van der Waals surface area contributed by atoms with E-state index in [0.717, 1.165) is 11.1 Å². The first-order valence-electron chi connectivity index (χ1n) is 10.1. The Balaban J connectivity index is 1.55. The monoisotopic (exact) mass is 455 g/mol. The molecule has 1 aliphatic rings. The zero-order valence-corrected chi connectivity index (χ0v) is 17.8. The maximum atomic E-state index is 13.3. The molecule has 1 unspecified atom stereocenters. The normalized spacial score (nSPS) is 17.7. The van der Waals surface area contributed by atoms with Crippen LogP contribution in [0.4, 0.5) is 13.2 Å². The molecule has 3 heterocycles. The summed E-state index contributed by atoms with van der Waals surface area (Å²) in [6.07, 6.45) is -2.07. The van der Waals surface area contributed by atoms with Crippen molar-refractivity contribution in [3.63, 3.8) is 0 Å². The Morgan fingerprint density at radius 2 is 1.79 bits per heavy atom. The molecule has 3 aromatic rings. The van der Waals surface area contributed by atoms with Crippen LogP contribution in [0.1, 0.15) is 47.5 Å². The number of imidazole rings is 1. The molecule has 7 nitrogen and oxygen atoms in total. The lowest BCUT2D eigenvalue weighted by atomic mass is 10.0. The zero-order valence-electron chi connectivity index (χ0n) is 17.8. The van der Waals surface area contributed by atoms with Crippen molar-refractivity contribution in [3.05, 3.63) is 71.6 Å². The Morgan fingerprint density at radius 3 is 2.36 bits per heavy atom. The number of aromatic nitrogens is 3. The molecular weight excluding hydrogens is 435 g/mol. The van der Waals surface area contributed by atoms with Crippen LogP contribution in [-0.4, -0.2) is 43.2 Å². The van der Waals surface area contributed by atoms with Gasteiger partial charge in [-0.2, -0.15) is 18.4 Å². The summed E-state index contributed by atoms with van der Waals surface area (Å²) in [6.45, 7) is 2.53. The van der Waals surface area contributed by atoms with Gasteiger partial charge in [-0.25, -0.2) is 4.98 Å². The number of benzene rings is 1. The van der Waals surface area contributed by atoms with Gasteiger partial charge in [0, 0.05) is 18.3 Å². The van der Waals surface area contributed by atoms with Gasteiger partial charge >= 0.3 is 6.18 Å². The fourth-order valence-corrected chi connectivity index (χ4v) is 3.90. The molecule has 0 aliphatic carbocycles. The summed E-state index contributed by atoms with van der Waals surface area (Å²) in [5.41, 5.74) is -0.336. The summed E-state index contributed by atoms with van der Waals surface area (Å²) in [7, 11) is 0. The SMILES string of the molecule is C[C@H]1CN(C(=O)c2ccc(-c3ccc(C#N)cc3)cn2)Cc2cnc(C(C)(O)C(F)(F)F)n21. The summed E-state index contributed by atoms with van der Waals surface area (Å²) in [5, 5.41) is 19.0. The maximum Gasteiger partial charge on any atom is 0.424 e. The van der Waals surface area contributed by atoms with Gasteiger partial charge < -0.3 is 14.6 Å². The highest BCUT2D eigenvalue weighted by Gasteiger charge is 2.55. The van der Waals surface area contributed by atoms with Crippen LogP contribution in [-0.2, 0) is 12.1 Å². The third-order valence-electron chi connectivity index (χ3n) is 5.76. The Hall–Kier alpha value is -3.71. The molecule has 1 N–H and O–H groups in total. The Morgan fingerprint density at radius 1 is 1.12 bits per heavy atom. The molecule has 0 saturated heterocycles. The molecule has 0 radical (unpaired) electrons. The van der Waals surface area contributed by atoms with Crippen LogP contribution < -0.4 is 0 Å². The first-order chi connectivity index (χ1) is 15.5. The first-order valence-corrected chi connectivity index (χ1v) is 10.1. The van der Waals surface area contributed by atoms with E-state index in [0.29, 0.717) is 18.2 Å². The lowest BCUT2D eigenvalue weighted by Crippen LogP contribution is -2.45. The van der Waals surface area contributed by atoms with Crippen molar-refractivity contribution in [2.24, 2.45) is 0 Å². The third-order valence-corrected chi connectivity index (χ3v) is 5.76. The summed E-state index contributed by atoms with van der Waals surface area (Å²) in [4.78, 5) is 22.6. The smallest absolute Gasteiger partial charge is 0.374 e. The number of aliphatic hydroxyl groups is 1. The van der Waals surface area contributed by atoms with Gasteiger partial charge in [-0.3, -0.25) is 9.78 Å². The topological polar surface area (TPSA) is 95.0 Å². The van der Waals surface area contributed by atoms with Crippen LogP contribution in [0.15, 0.2) is 48.8 Å². The summed E-state index contributed by atoms with van der Waals surface area (Å²) in [6, 6.07) is 11.8. The molecule has 0 fully saturated rings. The Bertz CT molecular complexity index is 1220. The molecule has 170 valence electrons. The van der Waals surface area contributed by atoms with E-state index in [4.69, 9.17) is 5.26 Å². The van der Waals surface area contributed by atoms with E-state index in [-0.39, 0.29) is 24.7 Å². The highest BCUT2D eigenvalue weighted by molar-refractivity contribution is 5.92. The third kappa shape index (κ3) is 3.96. The number of fused-ring (bicyclic) bond motifs is 1. The number of amides is 1. The van der Waals surface area contributed by atoms with Gasteiger partial charge in [0.25, 0.3) is 5.91 Å². The van der Waals surface area contributed by atoms with Crippen molar-refractivity contribution in [2.75, 3.05) is 6.54 Å².